The molecular weight excluding hydrogens is 832 g/mol. The average Bonchev–Trinajstić information content (AvgIpc) is 3.67. The Bertz CT molecular complexity index is 3020. The number of pyridine rings is 2. The van der Waals surface area contributed by atoms with Crippen molar-refractivity contribution in [3.63, 3.8) is 0 Å². The van der Waals surface area contributed by atoms with Gasteiger partial charge in [-0.1, -0.05) is 12.1 Å². The lowest BCUT2D eigenvalue weighted by Gasteiger charge is -2.47. The maximum absolute atomic E-state index is 13.7. The lowest BCUT2D eigenvalue weighted by Crippen LogP contribution is -2.65. The molecule has 2 atom stereocenters. The van der Waals surface area contributed by atoms with E-state index in [1.165, 1.54) is 27.7 Å². The van der Waals surface area contributed by atoms with Crippen molar-refractivity contribution in [1.82, 2.24) is 57.4 Å². The highest BCUT2D eigenvalue weighted by atomic mass is 32.2. The highest BCUT2D eigenvalue weighted by Crippen LogP contribution is 2.51. The lowest BCUT2D eigenvalue weighted by atomic mass is 9.89. The van der Waals surface area contributed by atoms with Gasteiger partial charge in [0.25, 0.3) is 0 Å². The summed E-state index contributed by atoms with van der Waals surface area (Å²) in [5.41, 5.74) is -3.89. The van der Waals surface area contributed by atoms with Crippen LogP contribution in [0.25, 0.3) is 33.8 Å². The first-order valence-electron chi connectivity index (χ1n) is 18.4. The number of nitrogens with zero attached hydrogens (tertiary/aromatic N) is 14. The van der Waals surface area contributed by atoms with Crippen LogP contribution in [0.5, 0.6) is 0 Å². The number of hydrogen-bond donors (Lipinski definition) is 1. The molecule has 2 unspecified atom stereocenters. The Labute approximate surface area is 338 Å². The lowest BCUT2D eigenvalue weighted by molar-refractivity contribution is -0.117. The van der Waals surface area contributed by atoms with Crippen molar-refractivity contribution in [1.29, 1.82) is 10.5 Å². The maximum Gasteiger partial charge on any atom is 0.511 e. The number of carbonyl (C=O) groups excluding carboxylic acids is 1. The third-order valence-corrected chi connectivity index (χ3v) is 14.7. The number of amides is 1. The van der Waals surface area contributed by atoms with Crippen molar-refractivity contribution < 1.29 is 34.8 Å². The smallest absolute Gasteiger partial charge is 0.293 e. The number of anilines is 1. The van der Waals surface area contributed by atoms with Gasteiger partial charge < -0.3 is 0 Å². The standard InChI is InChI=1S/C35H32F3N15O5S2/c1-2-59(55,56)48-17-33(18-48,8-10-39)50-15-22(13-42-50)27-4-3-5-29-45-32(47-52(27)29)46-31(54)26-12-25(26)24-6-7-28-41-21-44-53(28)30(24)23-14-43-51(16-23)34(9-11-40)19-49(20-34)60(57,58)35(36,37)38/h3-7,13-16,21,25-26H,2,8-9,12,17-20H2,1H3,(H,46,47,54). The largest absolute Gasteiger partial charge is 0.511 e. The second-order valence-electron chi connectivity index (χ2n) is 15.1. The number of hydrogen-bond acceptors (Lipinski definition) is 13. The molecule has 0 bridgehead atoms. The van der Waals surface area contributed by atoms with E-state index in [0.717, 1.165) is 0 Å². The summed E-state index contributed by atoms with van der Waals surface area (Å²) in [7, 11) is -9.03. The highest BCUT2D eigenvalue weighted by Gasteiger charge is 2.59. The molecule has 3 aliphatic rings. The summed E-state index contributed by atoms with van der Waals surface area (Å²) in [4.78, 5) is 22.5. The molecule has 1 aliphatic carbocycles. The van der Waals surface area contributed by atoms with E-state index in [4.69, 9.17) is 0 Å². The van der Waals surface area contributed by atoms with Crippen LogP contribution in [-0.4, -0.2) is 118 Å². The fourth-order valence-corrected chi connectivity index (χ4v) is 10.4. The number of sulfonamides is 2. The van der Waals surface area contributed by atoms with Crippen LogP contribution in [0.4, 0.5) is 19.1 Å². The molecule has 2 aliphatic heterocycles. The SMILES string of the molecule is CCS(=O)(=O)N1CC(CC#N)(n2cc(-c3cccc4nc(NC(=O)C5CC5c5ccc6ncnn6c5-c5cnn(C6(CC#N)CN(S(=O)(=O)C(F)(F)F)C6)c5)nn34)cn2)C1. The highest BCUT2D eigenvalue weighted by molar-refractivity contribution is 7.90. The minimum Gasteiger partial charge on any atom is -0.293 e. The number of alkyl halides is 3. The van der Waals surface area contributed by atoms with Gasteiger partial charge in [0.05, 0.1) is 54.5 Å². The van der Waals surface area contributed by atoms with Gasteiger partial charge in [-0.2, -0.15) is 52.6 Å². The van der Waals surface area contributed by atoms with E-state index in [-0.39, 0.29) is 53.8 Å². The van der Waals surface area contributed by atoms with Gasteiger partial charge in [-0.25, -0.2) is 30.9 Å². The van der Waals surface area contributed by atoms with Crippen molar-refractivity contribution in [2.75, 3.05) is 37.2 Å². The van der Waals surface area contributed by atoms with E-state index in [9.17, 15) is 45.3 Å². The molecule has 8 heterocycles. The van der Waals surface area contributed by atoms with Gasteiger partial charge >= 0.3 is 15.5 Å². The van der Waals surface area contributed by atoms with Gasteiger partial charge in [-0.15, -0.1) is 5.10 Å². The van der Waals surface area contributed by atoms with Gasteiger partial charge in [0.15, 0.2) is 11.3 Å². The zero-order chi connectivity index (χ0) is 42.4. The quantitative estimate of drug-likeness (QED) is 0.186. The summed E-state index contributed by atoms with van der Waals surface area (Å²) in [6.07, 6.45) is 7.82. The van der Waals surface area contributed by atoms with Crippen LogP contribution in [0.3, 0.4) is 0 Å². The molecule has 2 saturated heterocycles. The molecule has 6 aromatic heterocycles. The molecule has 0 spiro atoms. The van der Waals surface area contributed by atoms with Crippen molar-refractivity contribution in [2.45, 2.75) is 48.7 Å². The van der Waals surface area contributed by atoms with Gasteiger partial charge in [0, 0.05) is 55.6 Å². The Balaban J connectivity index is 0.943. The first-order valence-corrected chi connectivity index (χ1v) is 21.5. The van der Waals surface area contributed by atoms with Crippen LogP contribution in [0, 0.1) is 28.6 Å². The Hall–Kier alpha value is -6.28. The second-order valence-corrected chi connectivity index (χ2v) is 19.3. The zero-order valence-electron chi connectivity index (χ0n) is 31.3. The monoisotopic (exact) mass is 863 g/mol. The fraction of sp³-hybridized carbons (Fsp3) is 0.400. The molecule has 6 aromatic rings. The molecule has 1 amide bonds. The van der Waals surface area contributed by atoms with Gasteiger partial charge in [0.2, 0.25) is 21.9 Å². The second kappa shape index (κ2) is 13.6. The Kier molecular flexibility index (Phi) is 8.90. The normalized spacial score (nSPS) is 20.3. The van der Waals surface area contributed by atoms with Crippen molar-refractivity contribution in [3.8, 4) is 34.7 Å². The minimum atomic E-state index is -5.60. The molecule has 25 heteroatoms. The fourth-order valence-electron chi connectivity index (χ4n) is 8.00. The van der Waals surface area contributed by atoms with E-state index in [1.807, 2.05) is 6.07 Å². The van der Waals surface area contributed by atoms with Crippen LogP contribution in [0.2, 0.25) is 0 Å². The average molecular weight is 864 g/mol. The summed E-state index contributed by atoms with van der Waals surface area (Å²) in [5.74, 6) is -1.18. The Morgan fingerprint density at radius 1 is 0.883 bits per heavy atom. The summed E-state index contributed by atoms with van der Waals surface area (Å²) < 4.78 is 96.4. The van der Waals surface area contributed by atoms with Crippen LogP contribution in [0.15, 0.2) is 61.4 Å². The zero-order valence-corrected chi connectivity index (χ0v) is 33.0. The molecule has 20 nitrogen and oxygen atoms in total. The number of rotatable bonds is 12. The third-order valence-electron chi connectivity index (χ3n) is 11.4. The van der Waals surface area contributed by atoms with Gasteiger partial charge in [0.1, 0.15) is 17.4 Å². The van der Waals surface area contributed by atoms with Gasteiger partial charge in [-0.05, 0) is 43.0 Å². The summed E-state index contributed by atoms with van der Waals surface area (Å²) in [6.45, 7) is 0.588. The van der Waals surface area contributed by atoms with Crippen molar-refractivity contribution in [3.05, 3.63) is 67.0 Å². The predicted octanol–water partition coefficient (Wildman–Crippen LogP) is 2.29. The Morgan fingerprint density at radius 2 is 1.53 bits per heavy atom. The molecule has 1 N–H and O–H groups in total. The van der Waals surface area contributed by atoms with Crippen LogP contribution in [-0.2, 0) is 35.9 Å². The van der Waals surface area contributed by atoms with E-state index in [1.54, 1.807) is 63.4 Å². The van der Waals surface area contributed by atoms with Gasteiger partial charge in [-0.3, -0.25) is 19.5 Å². The molecule has 0 radical (unpaired) electrons. The van der Waals surface area contributed by atoms with Crippen molar-refractivity contribution in [2.24, 2.45) is 5.92 Å². The van der Waals surface area contributed by atoms with E-state index >= 15 is 0 Å². The molecule has 60 heavy (non-hydrogen) atoms. The molecule has 1 saturated carbocycles. The number of fused-ring (bicyclic) bond motifs is 2. The van der Waals surface area contributed by atoms with E-state index in [2.05, 4.69) is 41.7 Å². The number of aromatic nitrogens is 10. The number of nitriles is 2. The van der Waals surface area contributed by atoms with Crippen LogP contribution in [0.1, 0.15) is 37.7 Å². The van der Waals surface area contributed by atoms with E-state index < -0.39 is 55.6 Å². The molecular formula is C35H32F3N15O5S2. The van der Waals surface area contributed by atoms with Crippen LogP contribution < -0.4 is 5.32 Å². The molecule has 9 rings (SSSR count). The number of carbonyl (C=O) groups is 1. The first-order chi connectivity index (χ1) is 28.5. The summed E-state index contributed by atoms with van der Waals surface area (Å²) >= 11 is 0. The number of nitrogens with one attached hydrogen (secondary N) is 1. The Morgan fingerprint density at radius 3 is 2.18 bits per heavy atom. The van der Waals surface area contributed by atoms with Crippen molar-refractivity contribution >= 4 is 43.2 Å². The molecule has 3 fully saturated rings. The minimum absolute atomic E-state index is 0.0453. The summed E-state index contributed by atoms with van der Waals surface area (Å²) in [6, 6.07) is 12.9. The number of halogens is 3. The molecule has 310 valence electrons. The third kappa shape index (κ3) is 6.18. The summed E-state index contributed by atoms with van der Waals surface area (Å²) in [5, 5.41) is 39.7. The topological polar surface area (TPSA) is 247 Å². The first kappa shape index (κ1) is 39.2. The predicted molar refractivity (Wildman–Crippen MR) is 202 cm³/mol. The van der Waals surface area contributed by atoms with E-state index in [0.29, 0.717) is 45.8 Å². The molecule has 0 aromatic carbocycles. The maximum atomic E-state index is 13.7. The van der Waals surface area contributed by atoms with Crippen LogP contribution >= 0.6 is 0 Å².